The van der Waals surface area contributed by atoms with Gasteiger partial charge in [-0.15, -0.1) is 0 Å². The summed E-state index contributed by atoms with van der Waals surface area (Å²) in [6.45, 7) is 1.95. The lowest BCUT2D eigenvalue weighted by molar-refractivity contribution is -0.120. The number of rotatable bonds is 2. The molecule has 1 aliphatic heterocycles. The van der Waals surface area contributed by atoms with E-state index in [4.69, 9.17) is 0 Å². The lowest BCUT2D eigenvalue weighted by Crippen LogP contribution is -2.33. The number of carbonyl (C=O) groups is 1. The van der Waals surface area contributed by atoms with Crippen LogP contribution in [0.1, 0.15) is 18.1 Å². The van der Waals surface area contributed by atoms with Crippen molar-refractivity contribution in [2.24, 2.45) is 0 Å². The average molecular weight is 318 g/mol. The van der Waals surface area contributed by atoms with E-state index in [-0.39, 0.29) is 5.91 Å². The van der Waals surface area contributed by atoms with Crippen LogP contribution in [0.15, 0.2) is 41.4 Å². The summed E-state index contributed by atoms with van der Waals surface area (Å²) in [6.07, 6.45) is 5.58. The second-order valence-electron chi connectivity index (χ2n) is 4.90. The fourth-order valence-corrected chi connectivity index (χ4v) is 2.83. The number of amides is 1. The number of benzene rings is 1. The molecular formula is C14H12BrN3O. The largest absolute Gasteiger partial charge is 0.325 e. The monoisotopic (exact) mass is 317 g/mol. The van der Waals surface area contributed by atoms with Gasteiger partial charge in [-0.25, -0.2) is 9.97 Å². The van der Waals surface area contributed by atoms with Crippen molar-refractivity contribution in [1.82, 2.24) is 9.97 Å². The van der Waals surface area contributed by atoms with E-state index in [1.807, 2.05) is 25.1 Å². The predicted molar refractivity (Wildman–Crippen MR) is 75.9 cm³/mol. The van der Waals surface area contributed by atoms with Crippen LogP contribution >= 0.6 is 15.9 Å². The quantitative estimate of drug-likeness (QED) is 0.926. The first-order valence-corrected chi connectivity index (χ1v) is 6.74. The Labute approximate surface area is 119 Å². The SMILES string of the molecule is C[C@@]1(Cc2cncnc2)C(=O)Nc2ccc(Br)cc21. The minimum Gasteiger partial charge on any atom is -0.325 e. The molecule has 0 aliphatic carbocycles. The van der Waals surface area contributed by atoms with Gasteiger partial charge in [0.25, 0.3) is 0 Å². The Morgan fingerprint density at radius 1 is 1.32 bits per heavy atom. The Morgan fingerprint density at radius 2 is 2.05 bits per heavy atom. The van der Waals surface area contributed by atoms with Crippen molar-refractivity contribution in [3.05, 3.63) is 52.5 Å². The van der Waals surface area contributed by atoms with Crippen LogP contribution in [-0.2, 0) is 16.6 Å². The molecule has 1 aromatic heterocycles. The molecule has 2 heterocycles. The second-order valence-corrected chi connectivity index (χ2v) is 5.82. The van der Waals surface area contributed by atoms with Gasteiger partial charge in [0.1, 0.15) is 6.33 Å². The Hall–Kier alpha value is -1.75. The van der Waals surface area contributed by atoms with Crippen molar-refractivity contribution in [1.29, 1.82) is 0 Å². The number of hydrogen-bond donors (Lipinski definition) is 1. The van der Waals surface area contributed by atoms with Crippen LogP contribution in [0.4, 0.5) is 5.69 Å². The normalized spacial score (nSPS) is 21.1. The molecule has 1 aromatic carbocycles. The highest BCUT2D eigenvalue weighted by atomic mass is 79.9. The summed E-state index contributed by atoms with van der Waals surface area (Å²) in [5.74, 6) is 0.0180. The fourth-order valence-electron chi connectivity index (χ4n) is 2.47. The molecule has 5 heteroatoms. The van der Waals surface area contributed by atoms with Crippen LogP contribution in [0.3, 0.4) is 0 Å². The summed E-state index contributed by atoms with van der Waals surface area (Å²) < 4.78 is 0.971. The molecule has 3 rings (SSSR count). The highest BCUT2D eigenvalue weighted by Crippen LogP contribution is 2.41. The van der Waals surface area contributed by atoms with Crippen molar-refractivity contribution in [3.63, 3.8) is 0 Å². The van der Waals surface area contributed by atoms with Gasteiger partial charge in [-0.3, -0.25) is 4.79 Å². The van der Waals surface area contributed by atoms with Gasteiger partial charge in [0.15, 0.2) is 0 Å². The highest BCUT2D eigenvalue weighted by Gasteiger charge is 2.42. The first-order chi connectivity index (χ1) is 9.09. The molecule has 0 unspecified atom stereocenters. The Balaban J connectivity index is 2.04. The summed E-state index contributed by atoms with van der Waals surface area (Å²) in [6, 6.07) is 5.84. The maximum Gasteiger partial charge on any atom is 0.235 e. The molecule has 0 spiro atoms. The third-order valence-corrected chi connectivity index (χ3v) is 3.99. The molecule has 96 valence electrons. The summed E-state index contributed by atoms with van der Waals surface area (Å²) in [4.78, 5) is 20.3. The van der Waals surface area contributed by atoms with E-state index in [2.05, 4.69) is 31.2 Å². The topological polar surface area (TPSA) is 54.9 Å². The summed E-state index contributed by atoms with van der Waals surface area (Å²) in [5.41, 5.74) is 2.26. The zero-order valence-corrected chi connectivity index (χ0v) is 11.9. The van der Waals surface area contributed by atoms with E-state index in [0.717, 1.165) is 21.3 Å². The van der Waals surface area contributed by atoms with Crippen molar-refractivity contribution < 1.29 is 4.79 Å². The standard InChI is InChI=1S/C14H12BrN3O/c1-14(5-9-6-16-8-17-7-9)11-4-10(15)2-3-12(11)18-13(14)19/h2-4,6-8H,5H2,1H3,(H,18,19)/t14-/m0/s1. The van der Waals surface area contributed by atoms with Gasteiger partial charge in [0.2, 0.25) is 5.91 Å². The Kier molecular flexibility index (Phi) is 2.86. The maximum absolute atomic E-state index is 12.3. The van der Waals surface area contributed by atoms with Gasteiger partial charge in [-0.1, -0.05) is 15.9 Å². The van der Waals surface area contributed by atoms with E-state index < -0.39 is 5.41 Å². The van der Waals surface area contributed by atoms with Crippen molar-refractivity contribution in [2.45, 2.75) is 18.8 Å². The molecule has 1 amide bonds. The molecule has 0 fully saturated rings. The molecule has 19 heavy (non-hydrogen) atoms. The summed E-state index contributed by atoms with van der Waals surface area (Å²) in [5, 5.41) is 2.93. The zero-order chi connectivity index (χ0) is 13.5. The van der Waals surface area contributed by atoms with Crippen LogP contribution in [-0.4, -0.2) is 15.9 Å². The second kappa shape index (κ2) is 4.42. The third-order valence-electron chi connectivity index (χ3n) is 3.50. The number of halogens is 1. The Morgan fingerprint density at radius 3 is 2.79 bits per heavy atom. The van der Waals surface area contributed by atoms with E-state index >= 15 is 0 Å². The first-order valence-electron chi connectivity index (χ1n) is 5.95. The first kappa shape index (κ1) is 12.3. The Bertz CT molecular complexity index is 644. The summed E-state index contributed by atoms with van der Waals surface area (Å²) in [7, 11) is 0. The number of anilines is 1. The number of nitrogens with one attached hydrogen (secondary N) is 1. The van der Waals surface area contributed by atoms with E-state index in [0.29, 0.717) is 6.42 Å². The van der Waals surface area contributed by atoms with Gasteiger partial charge < -0.3 is 5.32 Å². The molecule has 1 aliphatic rings. The molecule has 1 atom stereocenters. The number of nitrogens with zero attached hydrogens (tertiary/aromatic N) is 2. The minimum absolute atomic E-state index is 0.0180. The average Bonchev–Trinajstić information content (AvgIpc) is 2.64. The molecule has 0 saturated heterocycles. The number of fused-ring (bicyclic) bond motifs is 1. The predicted octanol–water partition coefficient (Wildman–Crippen LogP) is 2.69. The van der Waals surface area contributed by atoms with Crippen LogP contribution in [0.25, 0.3) is 0 Å². The van der Waals surface area contributed by atoms with Gasteiger partial charge in [-0.05, 0) is 42.7 Å². The fraction of sp³-hybridized carbons (Fsp3) is 0.214. The lowest BCUT2D eigenvalue weighted by atomic mass is 9.79. The van der Waals surface area contributed by atoms with Crippen LogP contribution in [0.5, 0.6) is 0 Å². The van der Waals surface area contributed by atoms with Crippen LogP contribution < -0.4 is 5.32 Å². The number of carbonyl (C=O) groups excluding carboxylic acids is 1. The van der Waals surface area contributed by atoms with Crippen molar-refractivity contribution in [2.75, 3.05) is 5.32 Å². The van der Waals surface area contributed by atoms with E-state index in [1.165, 1.54) is 6.33 Å². The molecule has 2 aromatic rings. The molecule has 0 saturated carbocycles. The molecule has 0 bridgehead atoms. The molecule has 1 N–H and O–H groups in total. The highest BCUT2D eigenvalue weighted by molar-refractivity contribution is 9.10. The number of aromatic nitrogens is 2. The lowest BCUT2D eigenvalue weighted by Gasteiger charge is -2.22. The van der Waals surface area contributed by atoms with Gasteiger partial charge in [0.05, 0.1) is 5.41 Å². The van der Waals surface area contributed by atoms with E-state index in [9.17, 15) is 4.79 Å². The minimum atomic E-state index is -0.580. The molecule has 4 nitrogen and oxygen atoms in total. The van der Waals surface area contributed by atoms with E-state index in [1.54, 1.807) is 12.4 Å². The van der Waals surface area contributed by atoms with Gasteiger partial charge in [0, 0.05) is 22.6 Å². The zero-order valence-electron chi connectivity index (χ0n) is 10.4. The molecule has 0 radical (unpaired) electrons. The van der Waals surface area contributed by atoms with Gasteiger partial charge >= 0.3 is 0 Å². The van der Waals surface area contributed by atoms with Crippen molar-refractivity contribution in [3.8, 4) is 0 Å². The third kappa shape index (κ3) is 2.04. The smallest absolute Gasteiger partial charge is 0.235 e. The van der Waals surface area contributed by atoms with Crippen molar-refractivity contribution >= 4 is 27.5 Å². The molecular weight excluding hydrogens is 306 g/mol. The summed E-state index contributed by atoms with van der Waals surface area (Å²) >= 11 is 3.46. The van der Waals surface area contributed by atoms with Crippen LogP contribution in [0.2, 0.25) is 0 Å². The van der Waals surface area contributed by atoms with Crippen LogP contribution in [0, 0.1) is 0 Å². The van der Waals surface area contributed by atoms with Gasteiger partial charge in [-0.2, -0.15) is 0 Å². The number of hydrogen-bond acceptors (Lipinski definition) is 3. The maximum atomic E-state index is 12.3.